The molecular formula is C13H17NO2. The minimum absolute atomic E-state index is 0.0717. The SMILES string of the molecule is CC(C(=O)O)C1CCCc2cccc(N)c21. The second kappa shape index (κ2) is 4.16. The number of anilines is 1. The van der Waals surface area contributed by atoms with Gasteiger partial charge in [0.2, 0.25) is 0 Å². The fourth-order valence-corrected chi connectivity index (χ4v) is 2.63. The molecule has 3 nitrogen and oxygen atoms in total. The van der Waals surface area contributed by atoms with Gasteiger partial charge in [0, 0.05) is 5.69 Å². The van der Waals surface area contributed by atoms with Crippen LogP contribution < -0.4 is 5.73 Å². The molecule has 2 rings (SSSR count). The van der Waals surface area contributed by atoms with E-state index < -0.39 is 5.97 Å². The van der Waals surface area contributed by atoms with Crippen LogP contribution in [0.4, 0.5) is 5.69 Å². The summed E-state index contributed by atoms with van der Waals surface area (Å²) in [5.74, 6) is -1.02. The van der Waals surface area contributed by atoms with Gasteiger partial charge in [-0.1, -0.05) is 19.1 Å². The van der Waals surface area contributed by atoms with Crippen LogP contribution in [0.5, 0.6) is 0 Å². The summed E-state index contributed by atoms with van der Waals surface area (Å²) in [5.41, 5.74) is 9.02. The average molecular weight is 219 g/mol. The van der Waals surface area contributed by atoms with Crippen LogP contribution in [0.3, 0.4) is 0 Å². The molecule has 0 amide bonds. The fourth-order valence-electron chi connectivity index (χ4n) is 2.63. The quantitative estimate of drug-likeness (QED) is 0.751. The molecule has 1 aromatic carbocycles. The minimum atomic E-state index is -0.735. The summed E-state index contributed by atoms with van der Waals surface area (Å²) in [6.07, 6.45) is 3.00. The minimum Gasteiger partial charge on any atom is -0.481 e. The van der Waals surface area contributed by atoms with Gasteiger partial charge in [0.25, 0.3) is 0 Å². The molecule has 3 N–H and O–H groups in total. The van der Waals surface area contributed by atoms with E-state index in [0.717, 1.165) is 30.5 Å². The zero-order valence-corrected chi connectivity index (χ0v) is 9.44. The Morgan fingerprint density at radius 1 is 1.56 bits per heavy atom. The van der Waals surface area contributed by atoms with E-state index >= 15 is 0 Å². The van der Waals surface area contributed by atoms with Crippen LogP contribution in [0.15, 0.2) is 18.2 Å². The van der Waals surface area contributed by atoms with Gasteiger partial charge in [-0.05, 0) is 42.4 Å². The maximum absolute atomic E-state index is 11.1. The standard InChI is InChI=1S/C13H17NO2/c1-8(13(15)16)10-6-2-4-9-5-3-7-11(14)12(9)10/h3,5,7-8,10H,2,4,6,14H2,1H3,(H,15,16). The molecule has 0 aromatic heterocycles. The third kappa shape index (κ3) is 1.77. The fraction of sp³-hybridized carbons (Fsp3) is 0.462. The van der Waals surface area contributed by atoms with Crippen LogP contribution >= 0.6 is 0 Å². The monoisotopic (exact) mass is 219 g/mol. The number of nitrogen functional groups attached to an aromatic ring is 1. The van der Waals surface area contributed by atoms with Crippen molar-refractivity contribution in [1.29, 1.82) is 0 Å². The Kier molecular flexibility index (Phi) is 2.86. The number of nitrogens with two attached hydrogens (primary N) is 1. The van der Waals surface area contributed by atoms with Gasteiger partial charge in [0.1, 0.15) is 0 Å². The van der Waals surface area contributed by atoms with E-state index in [1.165, 1.54) is 5.56 Å². The number of rotatable bonds is 2. The number of fused-ring (bicyclic) bond motifs is 1. The topological polar surface area (TPSA) is 63.3 Å². The Balaban J connectivity index is 2.43. The summed E-state index contributed by atoms with van der Waals surface area (Å²) < 4.78 is 0. The first kappa shape index (κ1) is 11.0. The number of hydrogen-bond acceptors (Lipinski definition) is 2. The van der Waals surface area contributed by atoms with E-state index in [1.54, 1.807) is 6.92 Å². The summed E-state index contributed by atoms with van der Waals surface area (Å²) in [4.78, 5) is 11.1. The number of benzene rings is 1. The molecule has 0 saturated carbocycles. The van der Waals surface area contributed by atoms with Crippen molar-refractivity contribution in [2.45, 2.75) is 32.1 Å². The van der Waals surface area contributed by atoms with Gasteiger partial charge < -0.3 is 10.8 Å². The third-order valence-corrected chi connectivity index (χ3v) is 3.56. The maximum Gasteiger partial charge on any atom is 0.306 e. The molecule has 2 unspecified atom stereocenters. The van der Waals surface area contributed by atoms with Crippen LogP contribution in [-0.4, -0.2) is 11.1 Å². The van der Waals surface area contributed by atoms with Gasteiger partial charge in [0.15, 0.2) is 0 Å². The van der Waals surface area contributed by atoms with Crippen LogP contribution in [0.2, 0.25) is 0 Å². The van der Waals surface area contributed by atoms with E-state index in [2.05, 4.69) is 6.07 Å². The van der Waals surface area contributed by atoms with Crippen LogP contribution in [0.1, 0.15) is 36.8 Å². The summed E-state index contributed by atoms with van der Waals surface area (Å²) in [6.45, 7) is 1.77. The second-order valence-corrected chi connectivity index (χ2v) is 4.55. The number of carboxylic acids is 1. The zero-order chi connectivity index (χ0) is 11.7. The highest BCUT2D eigenvalue weighted by atomic mass is 16.4. The number of aryl methyl sites for hydroxylation is 1. The predicted molar refractivity (Wildman–Crippen MR) is 63.3 cm³/mol. The molecular weight excluding hydrogens is 202 g/mol. The van der Waals surface area contributed by atoms with Crippen molar-refractivity contribution in [2.24, 2.45) is 5.92 Å². The molecule has 0 saturated heterocycles. The van der Waals surface area contributed by atoms with E-state index in [4.69, 9.17) is 10.8 Å². The van der Waals surface area contributed by atoms with Crippen molar-refractivity contribution in [3.63, 3.8) is 0 Å². The lowest BCUT2D eigenvalue weighted by Crippen LogP contribution is -2.23. The molecule has 1 aliphatic rings. The molecule has 0 radical (unpaired) electrons. The largest absolute Gasteiger partial charge is 0.481 e. The Morgan fingerprint density at radius 2 is 2.31 bits per heavy atom. The molecule has 86 valence electrons. The van der Waals surface area contributed by atoms with E-state index in [-0.39, 0.29) is 11.8 Å². The average Bonchev–Trinajstić information content (AvgIpc) is 2.27. The lowest BCUT2D eigenvalue weighted by molar-refractivity contribution is -0.142. The highest BCUT2D eigenvalue weighted by molar-refractivity contribution is 5.72. The maximum atomic E-state index is 11.1. The summed E-state index contributed by atoms with van der Waals surface area (Å²) in [7, 11) is 0. The molecule has 0 spiro atoms. The van der Waals surface area contributed by atoms with Crippen molar-refractivity contribution < 1.29 is 9.90 Å². The van der Waals surface area contributed by atoms with Crippen molar-refractivity contribution in [3.8, 4) is 0 Å². The lowest BCUT2D eigenvalue weighted by Gasteiger charge is -2.29. The third-order valence-electron chi connectivity index (χ3n) is 3.56. The van der Waals surface area contributed by atoms with Crippen molar-refractivity contribution in [1.82, 2.24) is 0 Å². The molecule has 3 heteroatoms. The predicted octanol–water partition coefficient (Wildman–Crippen LogP) is 2.41. The molecule has 2 atom stereocenters. The second-order valence-electron chi connectivity index (χ2n) is 4.55. The van der Waals surface area contributed by atoms with Crippen LogP contribution in [0, 0.1) is 5.92 Å². The van der Waals surface area contributed by atoms with Crippen molar-refractivity contribution in [2.75, 3.05) is 5.73 Å². The molecule has 0 heterocycles. The Labute approximate surface area is 95.3 Å². The van der Waals surface area contributed by atoms with Crippen molar-refractivity contribution >= 4 is 11.7 Å². The first-order valence-corrected chi connectivity index (χ1v) is 5.71. The highest BCUT2D eigenvalue weighted by Gasteiger charge is 2.30. The van der Waals surface area contributed by atoms with Gasteiger partial charge >= 0.3 is 5.97 Å². The Hall–Kier alpha value is -1.51. The lowest BCUT2D eigenvalue weighted by atomic mass is 9.75. The Bertz CT molecular complexity index is 414. The molecule has 0 aliphatic heterocycles. The summed E-state index contributed by atoms with van der Waals surface area (Å²) >= 11 is 0. The highest BCUT2D eigenvalue weighted by Crippen LogP contribution is 2.39. The van der Waals surface area contributed by atoms with E-state index in [0.29, 0.717) is 0 Å². The van der Waals surface area contributed by atoms with Gasteiger partial charge in [-0.25, -0.2) is 0 Å². The van der Waals surface area contributed by atoms with Gasteiger partial charge in [-0.15, -0.1) is 0 Å². The zero-order valence-electron chi connectivity index (χ0n) is 9.44. The summed E-state index contributed by atoms with van der Waals surface area (Å²) in [5, 5.41) is 9.11. The normalized spacial score (nSPS) is 21.2. The van der Waals surface area contributed by atoms with Gasteiger partial charge in [0.05, 0.1) is 5.92 Å². The molecule has 0 fully saturated rings. The molecule has 16 heavy (non-hydrogen) atoms. The first-order chi connectivity index (χ1) is 7.61. The first-order valence-electron chi connectivity index (χ1n) is 5.71. The number of aliphatic carboxylic acids is 1. The van der Waals surface area contributed by atoms with Gasteiger partial charge in [-0.3, -0.25) is 4.79 Å². The van der Waals surface area contributed by atoms with Crippen molar-refractivity contribution in [3.05, 3.63) is 29.3 Å². The summed E-state index contributed by atoms with van der Waals surface area (Å²) in [6, 6.07) is 5.88. The van der Waals surface area contributed by atoms with E-state index in [1.807, 2.05) is 12.1 Å². The molecule has 1 aliphatic carbocycles. The molecule has 0 bridgehead atoms. The number of carbonyl (C=O) groups is 1. The molecule has 1 aromatic rings. The van der Waals surface area contributed by atoms with Crippen LogP contribution in [-0.2, 0) is 11.2 Å². The van der Waals surface area contributed by atoms with E-state index in [9.17, 15) is 4.79 Å². The number of carboxylic acid groups (broad SMARTS) is 1. The van der Waals surface area contributed by atoms with Crippen LogP contribution in [0.25, 0.3) is 0 Å². The number of hydrogen-bond donors (Lipinski definition) is 2. The Morgan fingerprint density at radius 3 is 3.00 bits per heavy atom. The smallest absolute Gasteiger partial charge is 0.306 e. The van der Waals surface area contributed by atoms with Gasteiger partial charge in [-0.2, -0.15) is 0 Å².